The number of hydrogen-bond donors (Lipinski definition) is 0. The van der Waals surface area contributed by atoms with Gasteiger partial charge in [0.2, 0.25) is 0 Å². The Balaban J connectivity index is 1.26. The van der Waals surface area contributed by atoms with Crippen molar-refractivity contribution in [2.75, 3.05) is 0 Å². The highest BCUT2D eigenvalue weighted by Crippen LogP contribution is 2.50. The van der Waals surface area contributed by atoms with E-state index in [-0.39, 0.29) is 17.2 Å². The monoisotopic (exact) mass is 468 g/mol. The third-order valence-electron chi connectivity index (χ3n) is 9.61. The molecule has 3 saturated carbocycles. The highest BCUT2D eigenvalue weighted by Gasteiger charge is 2.38. The molecule has 1 aromatic rings. The van der Waals surface area contributed by atoms with Crippen LogP contribution in [0, 0.1) is 41.2 Å². The predicted octanol–water partition coefficient (Wildman–Crippen LogP) is 9.94. The van der Waals surface area contributed by atoms with Crippen molar-refractivity contribution in [3.8, 4) is 0 Å². The Morgan fingerprint density at radius 2 is 1.26 bits per heavy atom. The van der Waals surface area contributed by atoms with E-state index in [0.29, 0.717) is 18.8 Å². The fourth-order valence-electron chi connectivity index (χ4n) is 7.63. The van der Waals surface area contributed by atoms with Gasteiger partial charge in [-0.15, -0.1) is 0 Å². The molecule has 0 N–H and O–H groups in total. The largest absolute Gasteiger partial charge is 0.207 e. The van der Waals surface area contributed by atoms with E-state index in [0.717, 1.165) is 48.0 Å². The van der Waals surface area contributed by atoms with Crippen LogP contribution in [0.25, 0.3) is 0 Å². The molecular weight excluding hydrogens is 422 g/mol. The number of rotatable bonds is 8. The van der Waals surface area contributed by atoms with Crippen molar-refractivity contribution in [1.82, 2.24) is 0 Å². The molecule has 0 spiro atoms. The smallest absolute Gasteiger partial charge is 0.129 e. The van der Waals surface area contributed by atoms with Crippen LogP contribution in [0.2, 0.25) is 0 Å². The second kappa shape index (κ2) is 12.5. The number of allylic oxidation sites excluding steroid dienone is 4. The molecule has 4 unspecified atom stereocenters. The summed E-state index contributed by atoms with van der Waals surface area (Å²) in [5, 5.41) is 0. The van der Waals surface area contributed by atoms with Gasteiger partial charge in [0.05, 0.1) is 0 Å². The first-order valence-electron chi connectivity index (χ1n) is 14.3. The van der Waals surface area contributed by atoms with Crippen molar-refractivity contribution in [3.63, 3.8) is 0 Å². The molecule has 0 heterocycles. The predicted molar refractivity (Wildman–Crippen MR) is 140 cm³/mol. The van der Waals surface area contributed by atoms with Gasteiger partial charge in [-0.1, -0.05) is 30.7 Å². The van der Waals surface area contributed by atoms with Gasteiger partial charge in [0.15, 0.2) is 0 Å². The molecule has 0 saturated heterocycles. The summed E-state index contributed by atoms with van der Waals surface area (Å²) in [5.74, 6) is 4.27. The summed E-state index contributed by atoms with van der Waals surface area (Å²) in [5.41, 5.74) is 1.15. The van der Waals surface area contributed by atoms with Crippen LogP contribution in [-0.4, -0.2) is 0 Å². The molecule has 0 aliphatic heterocycles. The third kappa shape index (κ3) is 6.41. The summed E-state index contributed by atoms with van der Waals surface area (Å²) < 4.78 is 29.3. The van der Waals surface area contributed by atoms with Gasteiger partial charge in [-0.2, -0.15) is 0 Å². The Morgan fingerprint density at radius 1 is 0.706 bits per heavy atom. The first kappa shape index (κ1) is 25.6. The lowest BCUT2D eigenvalue weighted by Gasteiger charge is -2.45. The van der Waals surface area contributed by atoms with E-state index < -0.39 is 0 Å². The number of benzene rings is 1. The lowest BCUT2D eigenvalue weighted by atomic mass is 9.60. The maximum absolute atomic E-state index is 14.7. The fraction of sp³-hybridized carbons (Fsp3) is 0.688. The topological polar surface area (TPSA) is 0 Å². The molecule has 3 aliphatic rings. The standard InChI is InChI=1S/C32H46F2/c1-3-5-7-9-23-11-12-28-20-27(18-17-26(28)19-23)24-13-15-25(16-14-24)29-21-31(33)30(32(34)22-29)10-8-6-4-2/h3-6,21-28H,7-20H2,1-2H3/b5-3+,6-4+. The average molecular weight is 469 g/mol. The summed E-state index contributed by atoms with van der Waals surface area (Å²) in [6.45, 7) is 4.07. The van der Waals surface area contributed by atoms with E-state index in [1.807, 2.05) is 19.1 Å². The van der Waals surface area contributed by atoms with Crippen molar-refractivity contribution in [2.24, 2.45) is 29.6 Å². The van der Waals surface area contributed by atoms with Crippen molar-refractivity contribution >= 4 is 0 Å². The highest BCUT2D eigenvalue weighted by molar-refractivity contribution is 5.29. The molecule has 2 heteroatoms. The molecular formula is C32H46F2. The van der Waals surface area contributed by atoms with Gasteiger partial charge in [0.1, 0.15) is 11.6 Å². The van der Waals surface area contributed by atoms with Crippen molar-refractivity contribution < 1.29 is 8.78 Å². The van der Waals surface area contributed by atoms with Gasteiger partial charge in [-0.3, -0.25) is 0 Å². The Morgan fingerprint density at radius 3 is 1.94 bits per heavy atom. The first-order valence-corrected chi connectivity index (χ1v) is 14.3. The quantitative estimate of drug-likeness (QED) is 0.333. The van der Waals surface area contributed by atoms with Gasteiger partial charge in [0, 0.05) is 5.56 Å². The molecule has 0 bridgehead atoms. The molecule has 4 rings (SSSR count). The first-order chi connectivity index (χ1) is 16.6. The van der Waals surface area contributed by atoms with Crippen LogP contribution in [0.5, 0.6) is 0 Å². The number of fused-ring (bicyclic) bond motifs is 1. The van der Waals surface area contributed by atoms with Gasteiger partial charge in [-0.25, -0.2) is 8.78 Å². The second-order valence-corrected chi connectivity index (χ2v) is 11.6. The maximum Gasteiger partial charge on any atom is 0.129 e. The molecule has 0 aromatic heterocycles. The maximum atomic E-state index is 14.7. The van der Waals surface area contributed by atoms with Gasteiger partial charge < -0.3 is 0 Å². The minimum Gasteiger partial charge on any atom is -0.207 e. The SMILES string of the molecule is C/C=C/CCc1c(F)cc(C2CCC(C3CCC4CC(CC/C=C/C)CCC4C3)CC2)cc1F. The van der Waals surface area contributed by atoms with Gasteiger partial charge in [0.25, 0.3) is 0 Å². The highest BCUT2D eigenvalue weighted by atomic mass is 19.1. The van der Waals surface area contributed by atoms with E-state index in [1.54, 1.807) is 12.1 Å². The van der Waals surface area contributed by atoms with Crippen LogP contribution >= 0.6 is 0 Å². The van der Waals surface area contributed by atoms with Crippen molar-refractivity contribution in [3.05, 3.63) is 59.2 Å². The third-order valence-corrected chi connectivity index (χ3v) is 9.61. The zero-order valence-electron chi connectivity index (χ0n) is 21.6. The number of hydrogen-bond acceptors (Lipinski definition) is 0. The molecule has 3 fully saturated rings. The molecule has 3 aliphatic carbocycles. The van der Waals surface area contributed by atoms with Crippen LogP contribution in [0.1, 0.15) is 114 Å². The lowest BCUT2D eigenvalue weighted by molar-refractivity contribution is 0.0621. The van der Waals surface area contributed by atoms with Crippen LogP contribution in [0.4, 0.5) is 8.78 Å². The molecule has 0 amide bonds. The van der Waals surface area contributed by atoms with Crippen molar-refractivity contribution in [1.29, 1.82) is 0 Å². The molecule has 34 heavy (non-hydrogen) atoms. The lowest BCUT2D eigenvalue weighted by Crippen LogP contribution is -2.34. The van der Waals surface area contributed by atoms with Crippen LogP contribution < -0.4 is 0 Å². The average Bonchev–Trinajstić information content (AvgIpc) is 2.85. The Kier molecular flexibility index (Phi) is 9.43. The fourth-order valence-corrected chi connectivity index (χ4v) is 7.63. The minimum atomic E-state index is -0.346. The normalized spacial score (nSPS) is 32.4. The van der Waals surface area contributed by atoms with Crippen LogP contribution in [0.15, 0.2) is 36.4 Å². The van der Waals surface area contributed by atoms with Gasteiger partial charge >= 0.3 is 0 Å². The van der Waals surface area contributed by atoms with E-state index in [2.05, 4.69) is 19.1 Å². The molecule has 0 nitrogen and oxygen atoms in total. The second-order valence-electron chi connectivity index (χ2n) is 11.6. The Bertz CT molecular complexity index is 806. The number of halogens is 2. The Hall–Kier alpha value is -1.44. The summed E-state index contributed by atoms with van der Waals surface area (Å²) in [4.78, 5) is 0. The zero-order valence-corrected chi connectivity index (χ0v) is 21.6. The molecule has 1 aromatic carbocycles. The van der Waals surface area contributed by atoms with E-state index in [4.69, 9.17) is 0 Å². The summed E-state index contributed by atoms with van der Waals surface area (Å²) in [7, 11) is 0. The zero-order chi connectivity index (χ0) is 23.9. The molecule has 0 radical (unpaired) electrons. The summed E-state index contributed by atoms with van der Waals surface area (Å²) >= 11 is 0. The van der Waals surface area contributed by atoms with Gasteiger partial charge in [-0.05, 0) is 151 Å². The minimum absolute atomic E-state index is 0.254. The molecule has 188 valence electrons. The van der Waals surface area contributed by atoms with E-state index >= 15 is 0 Å². The van der Waals surface area contributed by atoms with E-state index in [9.17, 15) is 8.78 Å². The summed E-state index contributed by atoms with van der Waals surface area (Å²) in [6, 6.07) is 3.28. The van der Waals surface area contributed by atoms with E-state index in [1.165, 1.54) is 64.2 Å². The van der Waals surface area contributed by atoms with Crippen molar-refractivity contribution in [2.45, 2.75) is 110 Å². The Labute approximate surface area is 207 Å². The summed E-state index contributed by atoms with van der Waals surface area (Å²) in [6.07, 6.45) is 25.6. The van der Waals surface area contributed by atoms with Crippen LogP contribution in [0.3, 0.4) is 0 Å². The molecule has 4 atom stereocenters. The van der Waals surface area contributed by atoms with Crippen LogP contribution in [-0.2, 0) is 6.42 Å².